The van der Waals surface area contributed by atoms with Crippen molar-refractivity contribution in [2.24, 2.45) is 5.41 Å². The molecule has 0 heterocycles. The summed E-state index contributed by atoms with van der Waals surface area (Å²) in [5.41, 5.74) is -1.37. The van der Waals surface area contributed by atoms with E-state index >= 15 is 0 Å². The van der Waals surface area contributed by atoms with Gasteiger partial charge in [-0.2, -0.15) is 8.42 Å². The zero-order valence-electron chi connectivity index (χ0n) is 16.4. The molecule has 0 saturated heterocycles. The Bertz CT molecular complexity index is 687. The number of thiol groups is 1. The molecule has 0 aromatic carbocycles. The second-order valence-corrected chi connectivity index (χ2v) is 9.74. The van der Waals surface area contributed by atoms with Gasteiger partial charge in [0.1, 0.15) is 10.7 Å². The molecular formula is C15H28O11S2. The standard InChI is InChI=1S/C15H28O11S2/c1-10(2)24-14(18)26-11(3)25-13(17)12(16)15(4,5)9-23-28(21,22)8-6-7-27(19)20/h10-12,16,27H,6-9H2,1-5H3/t11?,12-/m1/s1. The van der Waals surface area contributed by atoms with Crippen LogP contribution in [-0.2, 0) is 44.0 Å². The van der Waals surface area contributed by atoms with Crippen molar-refractivity contribution >= 4 is 32.9 Å². The molecule has 0 rings (SSSR count). The smallest absolute Gasteiger partial charge is 0.431 e. The highest BCUT2D eigenvalue weighted by atomic mass is 32.2. The lowest BCUT2D eigenvalue weighted by Crippen LogP contribution is -2.43. The van der Waals surface area contributed by atoms with Crippen molar-refractivity contribution in [2.45, 2.75) is 59.5 Å². The summed E-state index contributed by atoms with van der Waals surface area (Å²) in [4.78, 5) is 23.3. The lowest BCUT2D eigenvalue weighted by Gasteiger charge is -2.29. The summed E-state index contributed by atoms with van der Waals surface area (Å²) in [6.07, 6.45) is -4.76. The topological polar surface area (TPSA) is 160 Å². The van der Waals surface area contributed by atoms with E-state index in [0.29, 0.717) is 0 Å². The predicted molar refractivity (Wildman–Crippen MR) is 97.6 cm³/mol. The summed E-state index contributed by atoms with van der Waals surface area (Å²) >= 11 is 0. The predicted octanol–water partition coefficient (Wildman–Crippen LogP) is 0.172. The van der Waals surface area contributed by atoms with Crippen LogP contribution in [0.25, 0.3) is 0 Å². The van der Waals surface area contributed by atoms with Gasteiger partial charge in [-0.1, -0.05) is 13.8 Å². The first kappa shape index (κ1) is 26.6. The fourth-order valence-corrected chi connectivity index (χ4v) is 3.41. The Hall–Kier alpha value is -1.44. The second kappa shape index (κ2) is 11.5. The maximum atomic E-state index is 12.0. The van der Waals surface area contributed by atoms with Crippen molar-refractivity contribution in [1.82, 2.24) is 0 Å². The fraction of sp³-hybridized carbons (Fsp3) is 0.867. The highest BCUT2D eigenvalue weighted by Gasteiger charge is 2.37. The molecule has 0 aliphatic rings. The van der Waals surface area contributed by atoms with Crippen LogP contribution in [0.15, 0.2) is 0 Å². The number of aliphatic hydroxyl groups is 1. The van der Waals surface area contributed by atoms with Gasteiger partial charge in [-0.15, -0.1) is 0 Å². The van der Waals surface area contributed by atoms with E-state index in [2.05, 4.69) is 4.74 Å². The molecule has 0 aromatic heterocycles. The number of aliphatic hydroxyl groups excluding tert-OH is 1. The Morgan fingerprint density at radius 3 is 2.14 bits per heavy atom. The summed E-state index contributed by atoms with van der Waals surface area (Å²) in [6.45, 7) is 6.60. The lowest BCUT2D eigenvalue weighted by molar-refractivity contribution is -0.184. The molecule has 0 spiro atoms. The van der Waals surface area contributed by atoms with Crippen molar-refractivity contribution in [1.29, 1.82) is 0 Å². The van der Waals surface area contributed by atoms with Crippen molar-refractivity contribution in [3.63, 3.8) is 0 Å². The van der Waals surface area contributed by atoms with Crippen molar-refractivity contribution in [3.05, 3.63) is 0 Å². The van der Waals surface area contributed by atoms with Crippen LogP contribution in [0.1, 0.15) is 41.0 Å². The molecule has 0 saturated carbocycles. The largest absolute Gasteiger partial charge is 0.511 e. The molecule has 166 valence electrons. The molecule has 11 nitrogen and oxygen atoms in total. The molecule has 0 aromatic rings. The van der Waals surface area contributed by atoms with Gasteiger partial charge < -0.3 is 19.3 Å². The van der Waals surface area contributed by atoms with E-state index in [1.807, 2.05) is 0 Å². The van der Waals surface area contributed by atoms with E-state index in [1.165, 1.54) is 20.8 Å². The van der Waals surface area contributed by atoms with Crippen LogP contribution in [0.3, 0.4) is 0 Å². The van der Waals surface area contributed by atoms with Crippen LogP contribution in [0, 0.1) is 5.41 Å². The number of hydrogen-bond acceptors (Lipinski definition) is 11. The molecule has 0 aliphatic heterocycles. The van der Waals surface area contributed by atoms with E-state index in [0.717, 1.165) is 0 Å². The van der Waals surface area contributed by atoms with Gasteiger partial charge in [-0.05, 0) is 20.3 Å². The highest BCUT2D eigenvalue weighted by molar-refractivity contribution is 7.86. The van der Waals surface area contributed by atoms with Crippen LogP contribution >= 0.6 is 0 Å². The lowest BCUT2D eigenvalue weighted by atomic mass is 9.88. The molecule has 28 heavy (non-hydrogen) atoms. The number of rotatable bonds is 12. The maximum absolute atomic E-state index is 12.0. The number of ether oxygens (including phenoxy) is 3. The van der Waals surface area contributed by atoms with Gasteiger partial charge in [0.2, 0.25) is 6.29 Å². The molecule has 13 heteroatoms. The molecule has 2 atom stereocenters. The zero-order chi connectivity index (χ0) is 22.1. The van der Waals surface area contributed by atoms with Crippen LogP contribution in [0.4, 0.5) is 4.79 Å². The quantitative estimate of drug-likeness (QED) is 0.181. The van der Waals surface area contributed by atoms with Gasteiger partial charge in [0.15, 0.2) is 6.10 Å². The Balaban J connectivity index is 4.63. The number of carbonyl (C=O) groups excluding carboxylic acids is 2. The van der Waals surface area contributed by atoms with E-state index in [9.17, 15) is 31.5 Å². The molecular weight excluding hydrogens is 420 g/mol. The van der Waals surface area contributed by atoms with Crippen molar-refractivity contribution in [3.8, 4) is 0 Å². The average molecular weight is 449 g/mol. The summed E-state index contributed by atoms with van der Waals surface area (Å²) < 4.78 is 63.3. The molecule has 0 fully saturated rings. The first-order valence-electron chi connectivity index (χ1n) is 8.41. The fourth-order valence-electron chi connectivity index (χ4n) is 1.68. The maximum Gasteiger partial charge on any atom is 0.511 e. The highest BCUT2D eigenvalue weighted by Crippen LogP contribution is 2.24. The molecule has 0 aliphatic carbocycles. The number of hydrogen-bond donors (Lipinski definition) is 2. The van der Waals surface area contributed by atoms with Crippen molar-refractivity contribution < 1.29 is 49.9 Å². The zero-order valence-corrected chi connectivity index (χ0v) is 18.2. The Kier molecular flexibility index (Phi) is 10.9. The third kappa shape index (κ3) is 11.4. The first-order chi connectivity index (χ1) is 12.7. The minimum Gasteiger partial charge on any atom is -0.431 e. The van der Waals surface area contributed by atoms with Crippen LogP contribution < -0.4 is 0 Å². The summed E-state index contributed by atoms with van der Waals surface area (Å²) in [5.74, 6) is -1.97. The van der Waals surface area contributed by atoms with Crippen molar-refractivity contribution in [2.75, 3.05) is 18.1 Å². The first-order valence-corrected chi connectivity index (χ1v) is 11.3. The van der Waals surface area contributed by atoms with E-state index < -0.39 is 69.2 Å². The van der Waals surface area contributed by atoms with E-state index in [-0.39, 0.29) is 12.2 Å². The average Bonchev–Trinajstić information content (AvgIpc) is 2.50. The second-order valence-electron chi connectivity index (χ2n) is 6.86. The van der Waals surface area contributed by atoms with Crippen LogP contribution in [0.2, 0.25) is 0 Å². The Morgan fingerprint density at radius 1 is 1.07 bits per heavy atom. The van der Waals surface area contributed by atoms with E-state index in [1.54, 1.807) is 13.8 Å². The van der Waals surface area contributed by atoms with Crippen LogP contribution in [-0.4, -0.2) is 70.7 Å². The van der Waals surface area contributed by atoms with Crippen LogP contribution in [0.5, 0.6) is 0 Å². The normalized spacial score (nSPS) is 14.6. The Morgan fingerprint density at radius 2 is 1.64 bits per heavy atom. The molecule has 0 radical (unpaired) electrons. The molecule has 0 amide bonds. The summed E-state index contributed by atoms with van der Waals surface area (Å²) in [7, 11) is -6.73. The molecule has 0 bridgehead atoms. The van der Waals surface area contributed by atoms with Gasteiger partial charge in [0.25, 0.3) is 10.1 Å². The monoisotopic (exact) mass is 448 g/mol. The van der Waals surface area contributed by atoms with E-state index in [4.69, 9.17) is 13.7 Å². The summed E-state index contributed by atoms with van der Waals surface area (Å²) in [6, 6.07) is 0. The minimum absolute atomic E-state index is 0.132. The summed E-state index contributed by atoms with van der Waals surface area (Å²) in [5, 5.41) is 10.1. The minimum atomic E-state index is -4.04. The van der Waals surface area contributed by atoms with Gasteiger partial charge in [-0.25, -0.2) is 18.0 Å². The molecule has 1 N–H and O–H groups in total. The Labute approximate surface area is 166 Å². The van der Waals surface area contributed by atoms with Gasteiger partial charge in [-0.3, -0.25) is 4.18 Å². The van der Waals surface area contributed by atoms with Gasteiger partial charge in [0.05, 0.1) is 18.5 Å². The molecule has 1 unspecified atom stereocenters. The van der Waals surface area contributed by atoms with Gasteiger partial charge in [0, 0.05) is 18.1 Å². The number of carbonyl (C=O) groups is 2. The number of esters is 1. The van der Waals surface area contributed by atoms with Gasteiger partial charge >= 0.3 is 12.1 Å². The third-order valence-electron chi connectivity index (χ3n) is 3.19. The SMILES string of the molecule is CC(C)OC(=O)OC(C)OC(=O)[C@@H](O)C(C)(C)COS(=O)(=O)CCC[SH](=O)=O. The third-order valence-corrected chi connectivity index (χ3v) is 5.13.